The fourth-order valence-electron chi connectivity index (χ4n) is 3.95. The molecule has 2 heteroatoms. The van der Waals surface area contributed by atoms with Gasteiger partial charge in [-0.1, -0.05) is 123 Å². The number of hydrogen-bond donors (Lipinski definition) is 1. The smallest absolute Gasteiger partial charge is 0.132 e. The molecular formula is C26H52O2. The van der Waals surface area contributed by atoms with Gasteiger partial charge in [-0.3, -0.25) is 4.79 Å². The van der Waals surface area contributed by atoms with Gasteiger partial charge in [-0.05, 0) is 19.3 Å². The van der Waals surface area contributed by atoms with Crippen molar-refractivity contribution in [1.82, 2.24) is 0 Å². The number of hydrogen-bond acceptors (Lipinski definition) is 2. The van der Waals surface area contributed by atoms with E-state index in [0.29, 0.717) is 12.2 Å². The predicted molar refractivity (Wildman–Crippen MR) is 124 cm³/mol. The highest BCUT2D eigenvalue weighted by Gasteiger charge is 2.04. The van der Waals surface area contributed by atoms with E-state index in [-0.39, 0.29) is 6.10 Å². The molecule has 0 spiro atoms. The lowest BCUT2D eigenvalue weighted by Crippen LogP contribution is -2.05. The van der Waals surface area contributed by atoms with Gasteiger partial charge in [0.2, 0.25) is 0 Å². The topological polar surface area (TPSA) is 37.3 Å². The van der Waals surface area contributed by atoms with E-state index in [0.717, 1.165) is 32.1 Å². The van der Waals surface area contributed by atoms with E-state index >= 15 is 0 Å². The summed E-state index contributed by atoms with van der Waals surface area (Å²) in [7, 11) is 0. The Hall–Kier alpha value is -0.370. The average molecular weight is 397 g/mol. The first-order chi connectivity index (χ1) is 13.7. The van der Waals surface area contributed by atoms with Gasteiger partial charge in [-0.25, -0.2) is 0 Å². The molecule has 0 fully saturated rings. The second-order valence-electron chi connectivity index (χ2n) is 8.88. The van der Waals surface area contributed by atoms with Crippen LogP contribution >= 0.6 is 0 Å². The van der Waals surface area contributed by atoms with Crippen LogP contribution in [0.2, 0.25) is 0 Å². The molecule has 0 aliphatic heterocycles. The Kier molecular flexibility index (Phi) is 22.6. The van der Waals surface area contributed by atoms with E-state index in [1.807, 2.05) is 6.92 Å². The molecule has 1 atom stereocenters. The Morgan fingerprint density at radius 3 is 1.32 bits per heavy atom. The molecule has 0 aliphatic carbocycles. The summed E-state index contributed by atoms with van der Waals surface area (Å²) in [5.41, 5.74) is 0. The third-order valence-corrected chi connectivity index (χ3v) is 6.03. The van der Waals surface area contributed by atoms with Crippen molar-refractivity contribution >= 4 is 5.78 Å². The first-order valence-corrected chi connectivity index (χ1v) is 12.9. The fourth-order valence-corrected chi connectivity index (χ4v) is 3.95. The number of carbonyl (C=O) groups is 1. The molecular weight excluding hydrogens is 344 g/mol. The maximum Gasteiger partial charge on any atom is 0.132 e. The number of unbranched alkanes of at least 4 members (excludes halogenated alkanes) is 16. The summed E-state index contributed by atoms with van der Waals surface area (Å²) in [5, 5.41) is 10.1. The van der Waals surface area contributed by atoms with Gasteiger partial charge in [0.25, 0.3) is 0 Å². The van der Waals surface area contributed by atoms with E-state index in [4.69, 9.17) is 0 Å². The summed E-state index contributed by atoms with van der Waals surface area (Å²) >= 11 is 0. The van der Waals surface area contributed by atoms with E-state index in [1.165, 1.54) is 103 Å². The van der Waals surface area contributed by atoms with Gasteiger partial charge in [0.1, 0.15) is 5.78 Å². The van der Waals surface area contributed by atoms with Crippen LogP contribution in [0.15, 0.2) is 0 Å². The number of aliphatic hydroxyl groups is 1. The van der Waals surface area contributed by atoms with Crippen LogP contribution in [0.5, 0.6) is 0 Å². The second-order valence-corrected chi connectivity index (χ2v) is 8.88. The van der Waals surface area contributed by atoms with Gasteiger partial charge in [0.05, 0.1) is 6.10 Å². The minimum Gasteiger partial charge on any atom is -0.393 e. The first-order valence-electron chi connectivity index (χ1n) is 12.9. The lowest BCUT2D eigenvalue weighted by Gasteiger charge is -2.10. The lowest BCUT2D eigenvalue weighted by atomic mass is 10.0. The Morgan fingerprint density at radius 1 is 0.571 bits per heavy atom. The highest BCUT2D eigenvalue weighted by molar-refractivity contribution is 5.77. The monoisotopic (exact) mass is 396 g/mol. The second kappa shape index (κ2) is 22.9. The summed E-state index contributed by atoms with van der Waals surface area (Å²) in [5.74, 6) is 0.397. The average Bonchev–Trinajstić information content (AvgIpc) is 2.70. The van der Waals surface area contributed by atoms with Crippen molar-refractivity contribution in [2.75, 3.05) is 0 Å². The molecule has 0 rings (SSSR count). The quantitative estimate of drug-likeness (QED) is 0.176. The van der Waals surface area contributed by atoms with Crippen molar-refractivity contribution in [1.29, 1.82) is 0 Å². The predicted octanol–water partition coefficient (Wildman–Crippen LogP) is 8.54. The van der Waals surface area contributed by atoms with E-state index in [2.05, 4.69) is 6.92 Å². The van der Waals surface area contributed by atoms with Crippen LogP contribution in [0, 0.1) is 0 Å². The van der Waals surface area contributed by atoms with Gasteiger partial charge >= 0.3 is 0 Å². The molecule has 0 bridgehead atoms. The molecule has 0 radical (unpaired) electrons. The summed E-state index contributed by atoms with van der Waals surface area (Å²) in [6.07, 6.45) is 27.1. The van der Waals surface area contributed by atoms with Crippen LogP contribution in [-0.2, 0) is 4.79 Å². The molecule has 168 valence electrons. The molecule has 0 saturated heterocycles. The third-order valence-electron chi connectivity index (χ3n) is 6.03. The van der Waals surface area contributed by atoms with Crippen molar-refractivity contribution in [3.63, 3.8) is 0 Å². The van der Waals surface area contributed by atoms with Crippen LogP contribution in [-0.4, -0.2) is 17.0 Å². The largest absolute Gasteiger partial charge is 0.393 e. The standard InChI is InChI=1S/C26H52O2/c1-3-5-6-7-8-9-10-11-12-13-14-16-20-23-26(28)24-21-18-15-17-19-22-25(27)4-2/h26,28H,3-24H2,1-2H3. The number of carbonyl (C=O) groups excluding carboxylic acids is 1. The van der Waals surface area contributed by atoms with Gasteiger partial charge < -0.3 is 5.11 Å². The zero-order valence-corrected chi connectivity index (χ0v) is 19.5. The summed E-state index contributed by atoms with van der Waals surface area (Å²) in [6.45, 7) is 4.23. The SMILES string of the molecule is CCCCCCCCCCCCCCCC(O)CCCCCCCC(=O)CC. The van der Waals surface area contributed by atoms with E-state index < -0.39 is 0 Å². The van der Waals surface area contributed by atoms with Crippen LogP contribution < -0.4 is 0 Å². The molecule has 2 nitrogen and oxygen atoms in total. The van der Waals surface area contributed by atoms with Crippen LogP contribution in [0.4, 0.5) is 0 Å². The molecule has 0 saturated carbocycles. The highest BCUT2D eigenvalue weighted by Crippen LogP contribution is 2.15. The molecule has 1 unspecified atom stereocenters. The number of ketones is 1. The zero-order chi connectivity index (χ0) is 20.7. The van der Waals surface area contributed by atoms with Crippen LogP contribution in [0.25, 0.3) is 0 Å². The molecule has 1 N–H and O–H groups in total. The van der Waals surface area contributed by atoms with Gasteiger partial charge in [0, 0.05) is 12.8 Å². The minimum absolute atomic E-state index is 0.0885. The van der Waals surface area contributed by atoms with Gasteiger partial charge in [0.15, 0.2) is 0 Å². The number of aliphatic hydroxyl groups excluding tert-OH is 1. The highest BCUT2D eigenvalue weighted by atomic mass is 16.3. The van der Waals surface area contributed by atoms with E-state index in [9.17, 15) is 9.90 Å². The van der Waals surface area contributed by atoms with Crippen molar-refractivity contribution in [2.45, 2.75) is 161 Å². The molecule has 0 aromatic rings. The lowest BCUT2D eigenvalue weighted by molar-refractivity contribution is -0.118. The molecule has 0 amide bonds. The summed E-state index contributed by atoms with van der Waals surface area (Å²) < 4.78 is 0. The third kappa shape index (κ3) is 21.9. The number of rotatable bonds is 23. The summed E-state index contributed by atoms with van der Waals surface area (Å²) in [6, 6.07) is 0. The van der Waals surface area contributed by atoms with Crippen molar-refractivity contribution in [3.05, 3.63) is 0 Å². The molecule has 0 heterocycles. The summed E-state index contributed by atoms with van der Waals surface area (Å²) in [4.78, 5) is 11.2. The van der Waals surface area contributed by atoms with E-state index in [1.54, 1.807) is 0 Å². The molecule has 0 aliphatic rings. The van der Waals surface area contributed by atoms with Crippen molar-refractivity contribution in [2.24, 2.45) is 0 Å². The Bertz CT molecular complexity index is 314. The Balaban J connectivity index is 3.17. The normalized spacial score (nSPS) is 12.4. The maximum absolute atomic E-state index is 11.2. The van der Waals surface area contributed by atoms with Crippen LogP contribution in [0.3, 0.4) is 0 Å². The molecule has 0 aromatic heterocycles. The zero-order valence-electron chi connectivity index (χ0n) is 19.5. The Labute approximate surface area is 177 Å². The fraction of sp³-hybridized carbons (Fsp3) is 0.962. The minimum atomic E-state index is -0.0885. The molecule has 0 aromatic carbocycles. The van der Waals surface area contributed by atoms with Crippen molar-refractivity contribution in [3.8, 4) is 0 Å². The Morgan fingerprint density at radius 2 is 0.929 bits per heavy atom. The first kappa shape index (κ1) is 27.6. The van der Waals surface area contributed by atoms with Crippen LogP contribution in [0.1, 0.15) is 155 Å². The maximum atomic E-state index is 11.2. The van der Waals surface area contributed by atoms with Gasteiger partial charge in [-0.2, -0.15) is 0 Å². The van der Waals surface area contributed by atoms with Crippen molar-refractivity contribution < 1.29 is 9.90 Å². The van der Waals surface area contributed by atoms with Gasteiger partial charge in [-0.15, -0.1) is 0 Å². The number of Topliss-reactive ketones (excluding diaryl/α,β-unsaturated/α-hetero) is 1. The molecule has 28 heavy (non-hydrogen) atoms.